The first kappa shape index (κ1) is 22.2. The fourth-order valence-electron chi connectivity index (χ4n) is 2.40. The monoisotopic (exact) mass is 516 g/mol. The Hall–Kier alpha value is -2.14. The van der Waals surface area contributed by atoms with Gasteiger partial charge in [0.25, 0.3) is 10.0 Å². The molecule has 1 amide bonds. The molecule has 0 aromatic heterocycles. The van der Waals surface area contributed by atoms with Crippen LogP contribution in [0.3, 0.4) is 0 Å². The van der Waals surface area contributed by atoms with Crippen molar-refractivity contribution in [1.82, 2.24) is 0 Å². The quantitative estimate of drug-likeness (QED) is 0.450. The van der Waals surface area contributed by atoms with Crippen LogP contribution in [0.5, 0.6) is 0 Å². The maximum absolute atomic E-state index is 13.2. The molecular weight excluding hydrogens is 495 g/mol. The van der Waals surface area contributed by atoms with Gasteiger partial charge in [0.15, 0.2) is 0 Å². The summed E-state index contributed by atoms with van der Waals surface area (Å²) in [5.74, 6) is -0.903. The molecule has 0 bridgehead atoms. The fourth-order valence-corrected chi connectivity index (χ4v) is 4.33. The van der Waals surface area contributed by atoms with Crippen LogP contribution in [0.15, 0.2) is 53.4 Å². The second kappa shape index (κ2) is 9.37. The van der Waals surface area contributed by atoms with E-state index < -0.39 is 22.5 Å². The summed E-state index contributed by atoms with van der Waals surface area (Å²) in [6.07, 6.45) is -0.357. The highest BCUT2D eigenvalue weighted by Gasteiger charge is 2.28. The van der Waals surface area contributed by atoms with Gasteiger partial charge in [-0.05, 0) is 78.9 Å². The summed E-state index contributed by atoms with van der Waals surface area (Å²) < 4.78 is 33.4. The van der Waals surface area contributed by atoms with E-state index >= 15 is 0 Å². The number of halogens is 1. The molecule has 0 fully saturated rings. The Morgan fingerprint density at radius 2 is 1.79 bits per heavy atom. The number of amides is 1. The van der Waals surface area contributed by atoms with Gasteiger partial charge in [0.2, 0.25) is 5.91 Å². The van der Waals surface area contributed by atoms with Crippen LogP contribution in [0.4, 0.5) is 11.4 Å². The standard InChI is InChI=1S/C19H21IN2O5S/c1-13(2)27-19(24)12-22(17-6-4-5-15(20)11-17)28(25,26)18-9-7-16(8-10-18)21-14(3)23/h4-11,13H,12H2,1-3H3,(H,21,23). The molecule has 0 heterocycles. The number of anilines is 2. The third-order valence-corrected chi connectivity index (χ3v) is 5.96. The van der Waals surface area contributed by atoms with E-state index in [4.69, 9.17) is 4.74 Å². The minimum Gasteiger partial charge on any atom is -0.462 e. The summed E-state index contributed by atoms with van der Waals surface area (Å²) in [5.41, 5.74) is 0.838. The Balaban J connectivity index is 2.42. The SMILES string of the molecule is CC(=O)Nc1ccc(S(=O)(=O)N(CC(=O)OC(C)C)c2cccc(I)c2)cc1. The summed E-state index contributed by atoms with van der Waals surface area (Å²) in [6.45, 7) is 4.31. The average molecular weight is 516 g/mol. The van der Waals surface area contributed by atoms with Gasteiger partial charge in [-0.25, -0.2) is 8.42 Å². The summed E-state index contributed by atoms with van der Waals surface area (Å²) >= 11 is 2.07. The zero-order valence-corrected chi connectivity index (χ0v) is 18.7. The maximum Gasteiger partial charge on any atom is 0.327 e. The summed E-state index contributed by atoms with van der Waals surface area (Å²) in [5, 5.41) is 2.58. The van der Waals surface area contributed by atoms with Gasteiger partial charge in [-0.3, -0.25) is 13.9 Å². The van der Waals surface area contributed by atoms with Crippen LogP contribution in [0.2, 0.25) is 0 Å². The molecule has 0 atom stereocenters. The van der Waals surface area contributed by atoms with Crippen LogP contribution < -0.4 is 9.62 Å². The van der Waals surface area contributed by atoms with E-state index in [9.17, 15) is 18.0 Å². The Kier molecular flexibility index (Phi) is 7.41. The first-order chi connectivity index (χ1) is 13.1. The molecule has 9 heteroatoms. The minimum atomic E-state index is -4.03. The molecule has 1 N–H and O–H groups in total. The van der Waals surface area contributed by atoms with Gasteiger partial charge in [-0.15, -0.1) is 0 Å². The van der Waals surface area contributed by atoms with Crippen LogP contribution in [0.25, 0.3) is 0 Å². The summed E-state index contributed by atoms with van der Waals surface area (Å²) in [4.78, 5) is 23.3. The second-order valence-electron chi connectivity index (χ2n) is 6.24. The first-order valence-electron chi connectivity index (χ1n) is 8.45. The number of nitrogens with one attached hydrogen (secondary N) is 1. The predicted octanol–water partition coefficient (Wildman–Crippen LogP) is 3.40. The van der Waals surface area contributed by atoms with Crippen molar-refractivity contribution in [3.8, 4) is 0 Å². The highest BCUT2D eigenvalue weighted by atomic mass is 127. The van der Waals surface area contributed by atoms with Crippen LogP contribution in [0.1, 0.15) is 20.8 Å². The molecule has 0 aliphatic carbocycles. The van der Waals surface area contributed by atoms with E-state index in [0.29, 0.717) is 11.4 Å². The van der Waals surface area contributed by atoms with E-state index in [1.54, 1.807) is 32.0 Å². The lowest BCUT2D eigenvalue weighted by atomic mass is 10.3. The smallest absolute Gasteiger partial charge is 0.327 e. The second-order valence-corrected chi connectivity index (χ2v) is 9.34. The van der Waals surface area contributed by atoms with Crippen LogP contribution >= 0.6 is 22.6 Å². The Morgan fingerprint density at radius 3 is 2.32 bits per heavy atom. The zero-order valence-electron chi connectivity index (χ0n) is 15.7. The zero-order chi connectivity index (χ0) is 20.9. The molecule has 0 saturated carbocycles. The fraction of sp³-hybridized carbons (Fsp3) is 0.263. The number of hydrogen-bond donors (Lipinski definition) is 1. The van der Waals surface area contributed by atoms with Crippen molar-refractivity contribution in [2.75, 3.05) is 16.2 Å². The number of rotatable bonds is 7. The Bertz CT molecular complexity index is 959. The van der Waals surface area contributed by atoms with Gasteiger partial charge in [0.05, 0.1) is 16.7 Å². The molecule has 28 heavy (non-hydrogen) atoms. The van der Waals surface area contributed by atoms with Gasteiger partial charge >= 0.3 is 5.97 Å². The van der Waals surface area contributed by atoms with Crippen LogP contribution in [-0.2, 0) is 24.3 Å². The van der Waals surface area contributed by atoms with Crippen LogP contribution in [-0.4, -0.2) is 32.9 Å². The molecule has 0 aliphatic heterocycles. The minimum absolute atomic E-state index is 0.00203. The van der Waals surface area contributed by atoms with E-state index in [2.05, 4.69) is 27.9 Å². The first-order valence-corrected chi connectivity index (χ1v) is 11.0. The van der Waals surface area contributed by atoms with Gasteiger partial charge in [-0.1, -0.05) is 6.07 Å². The normalized spacial score (nSPS) is 11.2. The van der Waals surface area contributed by atoms with Crippen molar-refractivity contribution in [1.29, 1.82) is 0 Å². The lowest BCUT2D eigenvalue weighted by molar-refractivity contribution is -0.145. The number of nitrogens with zero attached hydrogens (tertiary/aromatic N) is 1. The largest absolute Gasteiger partial charge is 0.462 e. The third-order valence-electron chi connectivity index (χ3n) is 3.50. The maximum atomic E-state index is 13.2. The molecule has 0 radical (unpaired) electrons. The number of ether oxygens (including phenoxy) is 1. The molecular formula is C19H21IN2O5S. The van der Waals surface area contributed by atoms with Gasteiger partial charge in [0.1, 0.15) is 6.54 Å². The number of carbonyl (C=O) groups is 2. The van der Waals surface area contributed by atoms with Gasteiger partial charge in [-0.2, -0.15) is 0 Å². The Labute approximate surface area is 178 Å². The van der Waals surface area contributed by atoms with Gasteiger partial charge in [0, 0.05) is 16.2 Å². The van der Waals surface area contributed by atoms with E-state index in [1.807, 2.05) is 6.07 Å². The molecule has 2 aromatic rings. The van der Waals surface area contributed by atoms with E-state index in [1.165, 1.54) is 31.2 Å². The number of esters is 1. The van der Waals surface area contributed by atoms with Gasteiger partial charge < -0.3 is 10.1 Å². The predicted molar refractivity (Wildman–Crippen MR) is 116 cm³/mol. The molecule has 0 saturated heterocycles. The average Bonchev–Trinajstić information content (AvgIpc) is 2.59. The highest BCUT2D eigenvalue weighted by Crippen LogP contribution is 2.26. The molecule has 0 spiro atoms. The molecule has 2 rings (SSSR count). The molecule has 7 nitrogen and oxygen atoms in total. The molecule has 2 aromatic carbocycles. The number of hydrogen-bond acceptors (Lipinski definition) is 5. The van der Waals surface area contributed by atoms with Crippen molar-refractivity contribution in [3.63, 3.8) is 0 Å². The van der Waals surface area contributed by atoms with Crippen molar-refractivity contribution < 1.29 is 22.7 Å². The lowest BCUT2D eigenvalue weighted by Gasteiger charge is -2.24. The number of carbonyl (C=O) groups excluding carboxylic acids is 2. The molecule has 0 unspecified atom stereocenters. The summed E-state index contributed by atoms with van der Waals surface area (Å²) in [6, 6.07) is 12.6. The summed E-state index contributed by atoms with van der Waals surface area (Å²) in [7, 11) is -4.03. The van der Waals surface area contributed by atoms with Crippen molar-refractivity contribution in [2.45, 2.75) is 31.8 Å². The Morgan fingerprint density at radius 1 is 1.14 bits per heavy atom. The van der Waals surface area contributed by atoms with E-state index in [-0.39, 0.29) is 16.9 Å². The topological polar surface area (TPSA) is 92.8 Å². The van der Waals surface area contributed by atoms with E-state index in [0.717, 1.165) is 7.88 Å². The number of benzene rings is 2. The molecule has 0 aliphatic rings. The van der Waals surface area contributed by atoms with Crippen molar-refractivity contribution >= 4 is 55.9 Å². The highest BCUT2D eigenvalue weighted by molar-refractivity contribution is 14.1. The third kappa shape index (κ3) is 5.93. The molecule has 150 valence electrons. The van der Waals surface area contributed by atoms with Crippen molar-refractivity contribution in [2.24, 2.45) is 0 Å². The number of sulfonamides is 1. The lowest BCUT2D eigenvalue weighted by Crippen LogP contribution is -2.37. The van der Waals surface area contributed by atoms with Crippen molar-refractivity contribution in [3.05, 3.63) is 52.1 Å². The van der Waals surface area contributed by atoms with Crippen LogP contribution in [0, 0.1) is 3.57 Å².